The topological polar surface area (TPSA) is 186 Å². The van der Waals surface area contributed by atoms with Crippen molar-refractivity contribution in [2.24, 2.45) is 35.5 Å². The van der Waals surface area contributed by atoms with Crippen molar-refractivity contribution in [3.63, 3.8) is 0 Å². The number of carbonyl (C=O) groups excluding carboxylic acids is 5. The standard InChI is InChI=1S/C50H77NO12/c1-30-15-11-10-12-16-31(2)44(60-8)27-38-20-18-36(7)50(59,63-38)47(56)48(57)51-22-14-13-17-39(51)49(58)62-45(35(6)25-37-19-21-40(52)46(26-37)61-9)29-43(55)34(5)24-33(4)42(54)28-41(53)32(3)23-30/h10-12,15-16,24,30,32,34-40,42,44-46,52,54,59H,13-14,17-23,25-29H2,1-9H3/b12-10+,15-11+,31-16+,33-24+/t30-,32-,34-,35-,36-,37+,38+,39+,40+,42+,44+,45+,46-,50-/m1/s1. The van der Waals surface area contributed by atoms with Gasteiger partial charge in [-0.15, -0.1) is 0 Å². The van der Waals surface area contributed by atoms with Crippen LogP contribution in [0.5, 0.6) is 0 Å². The molecule has 3 heterocycles. The number of cyclic esters (lactones) is 1. The van der Waals surface area contributed by atoms with E-state index in [1.54, 1.807) is 41.1 Å². The van der Waals surface area contributed by atoms with Crippen molar-refractivity contribution in [2.75, 3.05) is 20.8 Å². The van der Waals surface area contributed by atoms with E-state index in [4.69, 9.17) is 18.9 Å². The molecule has 63 heavy (non-hydrogen) atoms. The number of fused-ring (bicyclic) bond motifs is 3. The first-order chi connectivity index (χ1) is 29.8. The first-order valence-corrected chi connectivity index (χ1v) is 23.4. The van der Waals surface area contributed by atoms with Gasteiger partial charge in [0.15, 0.2) is 0 Å². The predicted molar refractivity (Wildman–Crippen MR) is 239 cm³/mol. The summed E-state index contributed by atoms with van der Waals surface area (Å²) in [5.74, 6) is -7.36. The van der Waals surface area contributed by atoms with E-state index in [0.29, 0.717) is 63.4 Å². The monoisotopic (exact) mass is 884 g/mol. The molecule has 0 unspecified atom stereocenters. The maximum absolute atomic E-state index is 14.3. The summed E-state index contributed by atoms with van der Waals surface area (Å²) in [6, 6.07) is -1.12. The van der Waals surface area contributed by atoms with Crippen molar-refractivity contribution in [2.45, 2.75) is 180 Å². The van der Waals surface area contributed by atoms with Gasteiger partial charge < -0.3 is 39.2 Å². The molecule has 0 aromatic heterocycles. The number of piperidine rings is 1. The molecule has 13 nitrogen and oxygen atoms in total. The summed E-state index contributed by atoms with van der Waals surface area (Å²) in [7, 11) is 3.15. The third-order valence-corrected chi connectivity index (χ3v) is 14.2. The average Bonchev–Trinajstić information content (AvgIpc) is 3.25. The fourth-order valence-corrected chi connectivity index (χ4v) is 9.78. The van der Waals surface area contributed by atoms with Gasteiger partial charge in [0.1, 0.15) is 23.7 Å². The maximum atomic E-state index is 14.3. The summed E-state index contributed by atoms with van der Waals surface area (Å²) in [6.07, 6.45) is 13.0. The van der Waals surface area contributed by atoms with Crippen LogP contribution in [0.15, 0.2) is 47.6 Å². The Hall–Kier alpha value is -3.33. The van der Waals surface area contributed by atoms with Crippen LogP contribution in [0.3, 0.4) is 0 Å². The van der Waals surface area contributed by atoms with Crippen LogP contribution in [-0.2, 0) is 42.9 Å². The summed E-state index contributed by atoms with van der Waals surface area (Å²) >= 11 is 0. The average molecular weight is 884 g/mol. The van der Waals surface area contributed by atoms with Crippen molar-refractivity contribution in [3.05, 3.63) is 47.6 Å². The molecular formula is C50H77NO12. The molecule has 1 aliphatic carbocycles. The Labute approximate surface area is 375 Å². The predicted octanol–water partition coefficient (Wildman–Crippen LogP) is 6.56. The SMILES string of the molecule is CO[C@H]1C[C@@H]2CC[C@@H](C)[C@@](O)(O2)C(=O)C(=O)N2CCCC[C@H]2C(=O)O[C@H]([C@H](C)C[C@@H]2CC[C@H](O)[C@H](OC)C2)CC(=O)[C@H](C)/C=C(\C)[C@@H](O)CC(=O)[C@H](C)C[C@H](C)/C=C/C=C/C=C/1C. The molecule has 354 valence electrons. The van der Waals surface area contributed by atoms with Crippen LogP contribution >= 0.6 is 0 Å². The van der Waals surface area contributed by atoms with Gasteiger partial charge in [-0.2, -0.15) is 0 Å². The van der Waals surface area contributed by atoms with Gasteiger partial charge in [-0.05, 0) is 107 Å². The van der Waals surface area contributed by atoms with Gasteiger partial charge in [0, 0.05) is 57.8 Å². The number of Topliss-reactive ketones (excluding diaryl/α,β-unsaturated/α-hetero) is 3. The van der Waals surface area contributed by atoms with Gasteiger partial charge in [-0.3, -0.25) is 19.2 Å². The highest BCUT2D eigenvalue weighted by atomic mass is 16.6. The largest absolute Gasteiger partial charge is 0.460 e. The number of amides is 1. The minimum atomic E-state index is -2.42. The van der Waals surface area contributed by atoms with E-state index in [1.807, 2.05) is 58.1 Å². The lowest BCUT2D eigenvalue weighted by atomic mass is 9.78. The fourth-order valence-electron chi connectivity index (χ4n) is 9.78. The zero-order chi connectivity index (χ0) is 46.6. The second-order valence-corrected chi connectivity index (χ2v) is 19.3. The highest BCUT2D eigenvalue weighted by Gasteiger charge is 2.53. The molecular weight excluding hydrogens is 807 g/mol. The fraction of sp³-hybridized carbons (Fsp3) is 0.740. The molecule has 1 saturated carbocycles. The molecule has 2 bridgehead atoms. The maximum Gasteiger partial charge on any atom is 0.329 e. The van der Waals surface area contributed by atoms with Crippen LogP contribution in [0.4, 0.5) is 0 Å². The molecule has 0 aromatic rings. The summed E-state index contributed by atoms with van der Waals surface area (Å²) in [6.45, 7) is 12.9. The Morgan fingerprint density at radius 3 is 2.27 bits per heavy atom. The number of methoxy groups -OCH3 is 2. The van der Waals surface area contributed by atoms with Crippen molar-refractivity contribution in [1.29, 1.82) is 0 Å². The van der Waals surface area contributed by atoms with Crippen LogP contribution < -0.4 is 0 Å². The second kappa shape index (κ2) is 24.3. The molecule has 13 heteroatoms. The number of aliphatic hydroxyl groups excluding tert-OH is 2. The molecule has 0 aromatic carbocycles. The Bertz CT molecular complexity index is 1700. The Morgan fingerprint density at radius 1 is 0.841 bits per heavy atom. The van der Waals surface area contributed by atoms with Crippen LogP contribution in [0.25, 0.3) is 0 Å². The highest BCUT2D eigenvalue weighted by Crippen LogP contribution is 2.37. The molecule has 0 radical (unpaired) electrons. The first kappa shape index (κ1) is 52.3. The number of nitrogens with zero attached hydrogens (tertiary/aromatic N) is 1. The Balaban J connectivity index is 1.67. The minimum Gasteiger partial charge on any atom is -0.460 e. The van der Waals surface area contributed by atoms with Crippen molar-refractivity contribution in [1.82, 2.24) is 4.90 Å². The molecule has 3 fully saturated rings. The second-order valence-electron chi connectivity index (χ2n) is 19.3. The van der Waals surface area contributed by atoms with E-state index in [2.05, 4.69) is 0 Å². The van der Waals surface area contributed by atoms with E-state index in [-0.39, 0.29) is 67.1 Å². The van der Waals surface area contributed by atoms with E-state index in [1.165, 1.54) is 4.90 Å². The Morgan fingerprint density at radius 2 is 1.57 bits per heavy atom. The summed E-state index contributed by atoms with van der Waals surface area (Å²) in [5.41, 5.74) is 1.39. The summed E-state index contributed by atoms with van der Waals surface area (Å²) < 4.78 is 23.8. The van der Waals surface area contributed by atoms with E-state index >= 15 is 0 Å². The Kier molecular flexibility index (Phi) is 20.1. The van der Waals surface area contributed by atoms with Crippen LogP contribution in [-0.4, -0.2) is 119 Å². The van der Waals surface area contributed by atoms with Crippen LogP contribution in [0, 0.1) is 35.5 Å². The number of ketones is 3. The number of hydrogen-bond donors (Lipinski definition) is 3. The van der Waals surface area contributed by atoms with E-state index in [9.17, 15) is 39.3 Å². The number of aliphatic hydroxyl groups is 3. The molecule has 14 atom stereocenters. The third-order valence-electron chi connectivity index (χ3n) is 14.2. The number of esters is 1. The zero-order valence-electron chi connectivity index (χ0n) is 39.3. The molecule has 2 saturated heterocycles. The number of rotatable bonds is 5. The number of hydrogen-bond acceptors (Lipinski definition) is 12. The molecule has 4 aliphatic rings. The lowest BCUT2D eigenvalue weighted by Gasteiger charge is -2.42. The molecule has 0 spiro atoms. The highest BCUT2D eigenvalue weighted by molar-refractivity contribution is 6.39. The van der Waals surface area contributed by atoms with Gasteiger partial charge >= 0.3 is 5.97 Å². The third kappa shape index (κ3) is 14.3. The van der Waals surface area contributed by atoms with E-state index in [0.717, 1.165) is 12.0 Å². The molecule has 1 amide bonds. The van der Waals surface area contributed by atoms with Gasteiger partial charge in [-0.25, -0.2) is 4.79 Å². The van der Waals surface area contributed by atoms with Gasteiger partial charge in [-0.1, -0.05) is 71.1 Å². The van der Waals surface area contributed by atoms with Gasteiger partial charge in [0.05, 0.1) is 30.5 Å². The van der Waals surface area contributed by atoms with Crippen LogP contribution in [0.1, 0.15) is 132 Å². The van der Waals surface area contributed by atoms with Gasteiger partial charge in [0.2, 0.25) is 5.79 Å². The van der Waals surface area contributed by atoms with Gasteiger partial charge in [0.25, 0.3) is 11.7 Å². The smallest absolute Gasteiger partial charge is 0.329 e. The summed E-state index contributed by atoms with van der Waals surface area (Å²) in [5, 5.41) is 33.5. The van der Waals surface area contributed by atoms with Crippen molar-refractivity contribution >= 4 is 29.2 Å². The quantitative estimate of drug-likeness (QED) is 0.154. The number of ether oxygens (including phenoxy) is 4. The summed E-state index contributed by atoms with van der Waals surface area (Å²) in [4.78, 5) is 71.1. The van der Waals surface area contributed by atoms with Crippen LogP contribution in [0.2, 0.25) is 0 Å². The molecule has 4 rings (SSSR count). The van der Waals surface area contributed by atoms with E-state index < -0.39 is 71.8 Å². The number of carbonyl (C=O) groups is 5. The lowest BCUT2D eigenvalue weighted by Crippen LogP contribution is -2.61. The molecule has 3 aliphatic heterocycles. The zero-order valence-corrected chi connectivity index (χ0v) is 39.3. The van der Waals surface area contributed by atoms with Crippen molar-refractivity contribution in [3.8, 4) is 0 Å². The lowest BCUT2D eigenvalue weighted by molar-refractivity contribution is -0.265. The molecule has 3 N–H and O–H groups in total. The van der Waals surface area contributed by atoms with Crippen molar-refractivity contribution < 1.29 is 58.2 Å². The minimum absolute atomic E-state index is 0.0725. The first-order valence-electron chi connectivity index (χ1n) is 23.4. The number of allylic oxidation sites excluding steroid dienone is 6. The normalized spacial score (nSPS) is 40.1.